The zero-order valence-corrected chi connectivity index (χ0v) is 15.9. The average molecular weight is 378 g/mol. The second-order valence-electron chi connectivity index (χ2n) is 7.79. The Morgan fingerprint density at radius 2 is 1.61 bits per heavy atom. The lowest BCUT2D eigenvalue weighted by atomic mass is 10.0. The highest BCUT2D eigenvalue weighted by molar-refractivity contribution is 6.13. The fraction of sp³-hybridized carbons (Fsp3) is 0.391. The highest BCUT2D eigenvalue weighted by Crippen LogP contribution is 2.47. The van der Waals surface area contributed by atoms with Crippen LogP contribution in [0.1, 0.15) is 44.1 Å². The van der Waals surface area contributed by atoms with Gasteiger partial charge in [0.15, 0.2) is 0 Å². The number of carbonyl (C=O) groups excluding carboxylic acids is 2. The molecule has 2 aromatic rings. The van der Waals surface area contributed by atoms with Crippen LogP contribution in [0.2, 0.25) is 0 Å². The molecule has 0 radical (unpaired) electrons. The lowest BCUT2D eigenvalue weighted by molar-refractivity contribution is -0.134. The first-order valence-corrected chi connectivity index (χ1v) is 10.0. The molecule has 2 aliphatic rings. The molecule has 0 bridgehead atoms. The van der Waals surface area contributed by atoms with E-state index in [9.17, 15) is 9.59 Å². The van der Waals surface area contributed by atoms with Gasteiger partial charge in [0.05, 0.1) is 0 Å². The van der Waals surface area contributed by atoms with E-state index < -0.39 is 5.41 Å². The van der Waals surface area contributed by atoms with Crippen molar-refractivity contribution in [1.82, 2.24) is 5.32 Å². The van der Waals surface area contributed by atoms with Crippen molar-refractivity contribution in [2.75, 3.05) is 5.32 Å². The number of hydrogen-bond acceptors (Lipinski definition) is 3. The lowest BCUT2D eigenvalue weighted by Crippen LogP contribution is -2.43. The number of amides is 2. The third kappa shape index (κ3) is 4.19. The van der Waals surface area contributed by atoms with Crippen LogP contribution in [0, 0.1) is 5.41 Å². The number of benzene rings is 2. The van der Waals surface area contributed by atoms with Gasteiger partial charge in [-0.15, -0.1) is 0 Å². The predicted octanol–water partition coefficient (Wildman–Crippen LogP) is 4.04. The molecule has 0 spiro atoms. The van der Waals surface area contributed by atoms with Crippen molar-refractivity contribution >= 4 is 17.5 Å². The molecule has 0 atom stereocenters. The summed E-state index contributed by atoms with van der Waals surface area (Å²) in [6.45, 7) is 0.497. The SMILES string of the molecule is O=C(Nc1ccc(OCc2ccccc2)cc1)C1(C(=O)NC2CCCC2)CC1. The summed E-state index contributed by atoms with van der Waals surface area (Å²) in [5, 5.41) is 5.97. The Hall–Kier alpha value is -2.82. The quantitative estimate of drug-likeness (QED) is 0.715. The fourth-order valence-electron chi connectivity index (χ4n) is 3.70. The molecule has 0 aliphatic heterocycles. The summed E-state index contributed by atoms with van der Waals surface area (Å²) in [6.07, 6.45) is 5.60. The topological polar surface area (TPSA) is 67.4 Å². The highest BCUT2D eigenvalue weighted by Gasteiger charge is 2.56. The van der Waals surface area contributed by atoms with E-state index in [4.69, 9.17) is 4.74 Å². The Bertz CT molecular complexity index is 823. The first-order valence-electron chi connectivity index (χ1n) is 10.0. The molecule has 5 heteroatoms. The Morgan fingerprint density at radius 1 is 0.929 bits per heavy atom. The fourth-order valence-corrected chi connectivity index (χ4v) is 3.70. The van der Waals surface area contributed by atoms with Crippen molar-refractivity contribution in [2.45, 2.75) is 51.2 Å². The summed E-state index contributed by atoms with van der Waals surface area (Å²) in [5.74, 6) is 0.419. The highest BCUT2D eigenvalue weighted by atomic mass is 16.5. The molecular formula is C23H26N2O3. The van der Waals surface area contributed by atoms with Gasteiger partial charge in [-0.1, -0.05) is 43.2 Å². The van der Waals surface area contributed by atoms with Crippen molar-refractivity contribution in [1.29, 1.82) is 0 Å². The first kappa shape index (κ1) is 18.5. The first-order chi connectivity index (χ1) is 13.7. The van der Waals surface area contributed by atoms with Crippen LogP contribution in [0.25, 0.3) is 0 Å². The number of carbonyl (C=O) groups is 2. The van der Waals surface area contributed by atoms with Crippen LogP contribution in [-0.4, -0.2) is 17.9 Å². The van der Waals surface area contributed by atoms with Gasteiger partial charge in [-0.2, -0.15) is 0 Å². The molecule has 2 aromatic carbocycles. The molecule has 5 nitrogen and oxygen atoms in total. The Labute approximate surface area is 165 Å². The minimum Gasteiger partial charge on any atom is -0.489 e. The number of nitrogens with one attached hydrogen (secondary N) is 2. The molecule has 0 heterocycles. The van der Waals surface area contributed by atoms with E-state index in [1.807, 2.05) is 54.6 Å². The van der Waals surface area contributed by atoms with Crippen LogP contribution >= 0.6 is 0 Å². The molecule has 4 rings (SSSR count). The zero-order valence-electron chi connectivity index (χ0n) is 15.9. The van der Waals surface area contributed by atoms with Crippen LogP contribution in [-0.2, 0) is 16.2 Å². The van der Waals surface area contributed by atoms with E-state index in [0.717, 1.165) is 37.0 Å². The summed E-state index contributed by atoms with van der Waals surface area (Å²) in [7, 11) is 0. The van der Waals surface area contributed by atoms with Crippen molar-refractivity contribution < 1.29 is 14.3 Å². The molecule has 2 aliphatic carbocycles. The zero-order chi connectivity index (χ0) is 19.4. The van der Waals surface area contributed by atoms with Crippen LogP contribution in [0.4, 0.5) is 5.69 Å². The molecule has 28 heavy (non-hydrogen) atoms. The molecule has 2 saturated carbocycles. The largest absolute Gasteiger partial charge is 0.489 e. The lowest BCUT2D eigenvalue weighted by Gasteiger charge is -2.19. The maximum absolute atomic E-state index is 12.7. The summed E-state index contributed by atoms with van der Waals surface area (Å²) in [4.78, 5) is 25.3. The van der Waals surface area contributed by atoms with Gasteiger partial charge >= 0.3 is 0 Å². The molecule has 0 saturated heterocycles. The van der Waals surface area contributed by atoms with E-state index >= 15 is 0 Å². The van der Waals surface area contributed by atoms with Crippen LogP contribution in [0.5, 0.6) is 5.75 Å². The smallest absolute Gasteiger partial charge is 0.240 e. The third-order valence-electron chi connectivity index (χ3n) is 5.67. The Balaban J connectivity index is 1.31. The van der Waals surface area contributed by atoms with Crippen LogP contribution in [0.3, 0.4) is 0 Å². The van der Waals surface area contributed by atoms with Crippen molar-refractivity contribution in [3.8, 4) is 5.75 Å². The minimum atomic E-state index is -0.884. The number of anilines is 1. The summed E-state index contributed by atoms with van der Waals surface area (Å²) in [6, 6.07) is 17.5. The van der Waals surface area contributed by atoms with Gasteiger partial charge < -0.3 is 15.4 Å². The monoisotopic (exact) mass is 378 g/mol. The molecule has 2 amide bonds. The van der Waals surface area contributed by atoms with E-state index in [1.54, 1.807) is 0 Å². The minimum absolute atomic E-state index is 0.111. The summed E-state index contributed by atoms with van der Waals surface area (Å²) in [5.41, 5.74) is 0.895. The van der Waals surface area contributed by atoms with Gasteiger partial charge in [-0.3, -0.25) is 9.59 Å². The van der Waals surface area contributed by atoms with Crippen LogP contribution in [0.15, 0.2) is 54.6 Å². The van der Waals surface area contributed by atoms with E-state index in [-0.39, 0.29) is 17.9 Å². The average Bonchev–Trinajstić information content (AvgIpc) is 3.39. The predicted molar refractivity (Wildman–Crippen MR) is 108 cm³/mol. The van der Waals surface area contributed by atoms with Gasteiger partial charge in [0.25, 0.3) is 0 Å². The molecule has 146 valence electrons. The van der Waals surface area contributed by atoms with Crippen molar-refractivity contribution in [3.05, 3.63) is 60.2 Å². The number of rotatable bonds is 7. The maximum Gasteiger partial charge on any atom is 0.240 e. The van der Waals surface area contributed by atoms with E-state index in [0.29, 0.717) is 25.1 Å². The third-order valence-corrected chi connectivity index (χ3v) is 5.67. The van der Waals surface area contributed by atoms with E-state index in [1.165, 1.54) is 0 Å². The molecular weight excluding hydrogens is 352 g/mol. The maximum atomic E-state index is 12.7. The van der Waals surface area contributed by atoms with Gasteiger partial charge in [-0.05, 0) is 55.5 Å². The van der Waals surface area contributed by atoms with Crippen molar-refractivity contribution in [2.24, 2.45) is 5.41 Å². The summed E-state index contributed by atoms with van der Waals surface area (Å²) >= 11 is 0. The molecule has 2 N–H and O–H groups in total. The molecule has 2 fully saturated rings. The Morgan fingerprint density at radius 3 is 2.25 bits per heavy atom. The van der Waals surface area contributed by atoms with Gasteiger partial charge in [0.1, 0.15) is 17.8 Å². The number of hydrogen-bond donors (Lipinski definition) is 2. The normalized spacial score (nSPS) is 17.7. The second kappa shape index (κ2) is 8.05. The van der Waals surface area contributed by atoms with Gasteiger partial charge in [0, 0.05) is 11.7 Å². The van der Waals surface area contributed by atoms with E-state index in [2.05, 4.69) is 10.6 Å². The van der Waals surface area contributed by atoms with Gasteiger partial charge in [-0.25, -0.2) is 0 Å². The second-order valence-corrected chi connectivity index (χ2v) is 7.79. The standard InChI is InChI=1S/C23H26N2O3/c26-21(24-18-8-4-5-9-18)23(14-15-23)22(27)25-19-10-12-20(13-11-19)28-16-17-6-2-1-3-7-17/h1-3,6-7,10-13,18H,4-5,8-9,14-16H2,(H,24,26)(H,25,27). The molecule has 0 unspecified atom stereocenters. The Kier molecular flexibility index (Phi) is 5.33. The van der Waals surface area contributed by atoms with Crippen molar-refractivity contribution in [3.63, 3.8) is 0 Å². The molecule has 0 aromatic heterocycles. The summed E-state index contributed by atoms with van der Waals surface area (Å²) < 4.78 is 5.77. The van der Waals surface area contributed by atoms with Crippen LogP contribution < -0.4 is 15.4 Å². The van der Waals surface area contributed by atoms with Gasteiger partial charge in [0.2, 0.25) is 11.8 Å². The number of ether oxygens (including phenoxy) is 1.